The van der Waals surface area contributed by atoms with Crippen molar-refractivity contribution < 1.29 is 4.84 Å². The van der Waals surface area contributed by atoms with Gasteiger partial charge in [-0.25, -0.2) is 4.99 Å². The Kier molecular flexibility index (Phi) is 4.44. The molecule has 0 N–H and O–H groups in total. The number of hydrogen-bond acceptors (Lipinski definition) is 3. The largest absolute Gasteiger partial charge is 0.399 e. The van der Waals surface area contributed by atoms with Gasteiger partial charge in [-0.05, 0) is 5.56 Å². The average molecular weight is 338 g/mol. The first-order chi connectivity index (χ1) is 12.9. The molecule has 1 aliphatic heterocycles. The highest BCUT2D eigenvalue weighted by Crippen LogP contribution is 2.35. The van der Waals surface area contributed by atoms with Gasteiger partial charge in [-0.2, -0.15) is 0 Å². The monoisotopic (exact) mass is 338 g/mol. The third-order valence-electron chi connectivity index (χ3n) is 4.26. The second-order valence-electron chi connectivity index (χ2n) is 5.90. The third kappa shape index (κ3) is 2.95. The fourth-order valence-electron chi connectivity index (χ4n) is 3.11. The van der Waals surface area contributed by atoms with Crippen LogP contribution < -0.4 is 0 Å². The zero-order valence-corrected chi connectivity index (χ0v) is 14.5. The standard InChI is InChI=1S/C23H18N2O/c1-26-25-23-20(17-11-5-2-6-12-17)21(18-13-7-3-8-14-18)24-22(23)19-15-9-4-10-16-19/h2-16H,1H3/b25-23-. The van der Waals surface area contributed by atoms with Crippen LogP contribution in [-0.4, -0.2) is 18.5 Å². The van der Waals surface area contributed by atoms with Crippen LogP contribution in [-0.2, 0) is 4.84 Å². The van der Waals surface area contributed by atoms with Crippen LogP contribution in [0.5, 0.6) is 0 Å². The summed E-state index contributed by atoms with van der Waals surface area (Å²) in [6.07, 6.45) is 0. The Morgan fingerprint density at radius 3 is 1.69 bits per heavy atom. The number of nitrogens with zero attached hydrogens (tertiary/aromatic N) is 2. The van der Waals surface area contributed by atoms with Gasteiger partial charge in [0.05, 0.1) is 5.70 Å². The predicted octanol–water partition coefficient (Wildman–Crippen LogP) is 5.06. The maximum absolute atomic E-state index is 5.19. The SMILES string of the molecule is CO/N=C1\C(c2ccccc2)=NC(c2ccccc2)=C1c1ccccc1. The smallest absolute Gasteiger partial charge is 0.139 e. The fourth-order valence-corrected chi connectivity index (χ4v) is 3.11. The summed E-state index contributed by atoms with van der Waals surface area (Å²) in [5.41, 5.74) is 6.61. The highest BCUT2D eigenvalue weighted by molar-refractivity contribution is 6.66. The molecule has 0 radical (unpaired) electrons. The lowest BCUT2D eigenvalue weighted by molar-refractivity contribution is 0.215. The van der Waals surface area contributed by atoms with E-state index in [0.717, 1.165) is 39.4 Å². The van der Waals surface area contributed by atoms with E-state index in [0.29, 0.717) is 0 Å². The quantitative estimate of drug-likeness (QED) is 0.612. The van der Waals surface area contributed by atoms with Gasteiger partial charge in [-0.15, -0.1) is 0 Å². The van der Waals surface area contributed by atoms with Gasteiger partial charge in [0.15, 0.2) is 0 Å². The van der Waals surface area contributed by atoms with Gasteiger partial charge in [-0.3, -0.25) is 0 Å². The second-order valence-corrected chi connectivity index (χ2v) is 5.90. The highest BCUT2D eigenvalue weighted by atomic mass is 16.6. The molecule has 0 bridgehead atoms. The zero-order chi connectivity index (χ0) is 17.8. The van der Waals surface area contributed by atoms with Crippen LogP contribution in [0.1, 0.15) is 16.7 Å². The Balaban J connectivity index is 1.96. The van der Waals surface area contributed by atoms with E-state index in [4.69, 9.17) is 9.83 Å². The maximum Gasteiger partial charge on any atom is 0.139 e. The minimum atomic E-state index is 0.753. The molecule has 3 aromatic carbocycles. The van der Waals surface area contributed by atoms with Gasteiger partial charge >= 0.3 is 0 Å². The molecule has 0 aromatic heterocycles. The highest BCUT2D eigenvalue weighted by Gasteiger charge is 2.29. The van der Waals surface area contributed by atoms with Crippen LogP contribution in [0.4, 0.5) is 0 Å². The lowest BCUT2D eigenvalue weighted by Crippen LogP contribution is -2.14. The zero-order valence-electron chi connectivity index (χ0n) is 14.5. The molecule has 0 saturated carbocycles. The van der Waals surface area contributed by atoms with E-state index >= 15 is 0 Å². The second kappa shape index (κ2) is 7.19. The normalized spacial score (nSPS) is 15.3. The van der Waals surface area contributed by atoms with E-state index in [9.17, 15) is 0 Å². The molecule has 4 rings (SSSR count). The summed E-state index contributed by atoms with van der Waals surface area (Å²) in [6, 6.07) is 30.5. The number of oxime groups is 1. The lowest BCUT2D eigenvalue weighted by Gasteiger charge is -2.09. The number of hydrogen-bond donors (Lipinski definition) is 0. The van der Waals surface area contributed by atoms with Crippen molar-refractivity contribution in [3.8, 4) is 0 Å². The molecule has 0 fully saturated rings. The summed E-state index contributed by atoms with van der Waals surface area (Å²) in [7, 11) is 1.57. The van der Waals surface area contributed by atoms with E-state index in [1.54, 1.807) is 7.11 Å². The first kappa shape index (κ1) is 16.0. The summed E-state index contributed by atoms with van der Waals surface area (Å²) < 4.78 is 0. The van der Waals surface area contributed by atoms with Crippen molar-refractivity contribution in [1.29, 1.82) is 0 Å². The Bertz CT molecular complexity index is 988. The van der Waals surface area contributed by atoms with Crippen LogP contribution in [0, 0.1) is 0 Å². The van der Waals surface area contributed by atoms with Crippen LogP contribution in [0.2, 0.25) is 0 Å². The number of benzene rings is 3. The Hall–Kier alpha value is -3.46. The van der Waals surface area contributed by atoms with Gasteiger partial charge in [-0.1, -0.05) is 96.2 Å². The minimum absolute atomic E-state index is 0.753. The number of aliphatic imine (C=N–C) groups is 1. The van der Waals surface area contributed by atoms with Crippen molar-refractivity contribution >= 4 is 22.7 Å². The summed E-state index contributed by atoms with van der Waals surface area (Å²) in [5.74, 6) is 0. The summed E-state index contributed by atoms with van der Waals surface area (Å²) in [6.45, 7) is 0. The lowest BCUT2D eigenvalue weighted by atomic mass is 9.94. The van der Waals surface area contributed by atoms with E-state index < -0.39 is 0 Å². The van der Waals surface area contributed by atoms with Crippen LogP contribution in [0.15, 0.2) is 101 Å². The molecule has 0 unspecified atom stereocenters. The van der Waals surface area contributed by atoms with Crippen molar-refractivity contribution in [2.75, 3.05) is 7.11 Å². The van der Waals surface area contributed by atoms with Crippen LogP contribution in [0.25, 0.3) is 11.3 Å². The fraction of sp³-hybridized carbons (Fsp3) is 0.0435. The molecule has 0 aliphatic carbocycles. The molecule has 3 nitrogen and oxygen atoms in total. The molecule has 3 aromatic rings. The van der Waals surface area contributed by atoms with Crippen molar-refractivity contribution in [1.82, 2.24) is 0 Å². The molecule has 3 heteroatoms. The molecule has 1 heterocycles. The van der Waals surface area contributed by atoms with Gasteiger partial charge in [0.25, 0.3) is 0 Å². The minimum Gasteiger partial charge on any atom is -0.399 e. The van der Waals surface area contributed by atoms with E-state index in [-0.39, 0.29) is 0 Å². The average Bonchev–Trinajstić information content (AvgIpc) is 3.10. The molecule has 0 amide bonds. The topological polar surface area (TPSA) is 34.0 Å². The van der Waals surface area contributed by atoms with Crippen molar-refractivity contribution in [2.24, 2.45) is 10.1 Å². The van der Waals surface area contributed by atoms with Crippen LogP contribution in [0.3, 0.4) is 0 Å². The van der Waals surface area contributed by atoms with Crippen molar-refractivity contribution in [3.05, 3.63) is 108 Å². The Morgan fingerprint density at radius 1 is 0.654 bits per heavy atom. The molecule has 26 heavy (non-hydrogen) atoms. The van der Waals surface area contributed by atoms with Gasteiger partial charge in [0.1, 0.15) is 18.5 Å². The summed E-state index contributed by atoms with van der Waals surface area (Å²) in [5, 5.41) is 4.34. The van der Waals surface area contributed by atoms with E-state index in [1.165, 1.54) is 0 Å². The molecule has 0 atom stereocenters. The van der Waals surface area contributed by atoms with E-state index in [1.807, 2.05) is 66.7 Å². The van der Waals surface area contributed by atoms with E-state index in [2.05, 4.69) is 29.4 Å². The molecule has 0 spiro atoms. The Morgan fingerprint density at radius 2 is 1.15 bits per heavy atom. The van der Waals surface area contributed by atoms with Gasteiger partial charge in [0.2, 0.25) is 0 Å². The van der Waals surface area contributed by atoms with Gasteiger partial charge in [0, 0.05) is 16.7 Å². The predicted molar refractivity (Wildman–Crippen MR) is 107 cm³/mol. The first-order valence-electron chi connectivity index (χ1n) is 8.49. The molecule has 0 saturated heterocycles. The van der Waals surface area contributed by atoms with Crippen LogP contribution >= 0.6 is 0 Å². The van der Waals surface area contributed by atoms with Crippen molar-refractivity contribution in [2.45, 2.75) is 0 Å². The molecule has 1 aliphatic rings. The number of rotatable bonds is 4. The number of allylic oxidation sites excluding steroid dienone is 1. The molecular weight excluding hydrogens is 320 g/mol. The molecule has 126 valence electrons. The summed E-state index contributed by atoms with van der Waals surface area (Å²) >= 11 is 0. The van der Waals surface area contributed by atoms with Crippen molar-refractivity contribution in [3.63, 3.8) is 0 Å². The third-order valence-corrected chi connectivity index (χ3v) is 4.26. The summed E-state index contributed by atoms with van der Waals surface area (Å²) in [4.78, 5) is 10.2. The van der Waals surface area contributed by atoms with Gasteiger partial charge < -0.3 is 4.84 Å². The molecular formula is C23H18N2O. The first-order valence-corrected chi connectivity index (χ1v) is 8.49. The Labute approximate surface area is 153 Å². The maximum atomic E-state index is 5.19.